The maximum absolute atomic E-state index is 12.4. The Balaban J connectivity index is 2.05. The molecule has 22 heavy (non-hydrogen) atoms. The number of phenolic OH excluding ortho intramolecular Hbond substituents is 1. The number of carbonyl (C=O) groups excluding carboxylic acids is 1. The number of phenols is 1. The summed E-state index contributed by atoms with van der Waals surface area (Å²) in [5.74, 6) is 0.907. The third-order valence-corrected chi connectivity index (χ3v) is 3.54. The number of rotatable bonds is 5. The zero-order valence-corrected chi connectivity index (χ0v) is 13.7. The molecule has 1 aliphatic heterocycles. The molecule has 0 radical (unpaired) electrons. The van der Waals surface area contributed by atoms with E-state index in [0.29, 0.717) is 12.2 Å². The highest BCUT2D eigenvalue weighted by molar-refractivity contribution is 6.13. The van der Waals surface area contributed by atoms with Gasteiger partial charge in [-0.2, -0.15) is 0 Å². The van der Waals surface area contributed by atoms with Crippen LogP contribution in [0.4, 0.5) is 0 Å². The first-order chi connectivity index (χ1) is 10.3. The molecule has 0 fully saturated rings. The lowest BCUT2D eigenvalue weighted by molar-refractivity contribution is -0.870. The predicted molar refractivity (Wildman–Crippen MR) is 88.4 cm³/mol. The minimum Gasteiger partial charge on any atom is -0.508 e. The van der Waals surface area contributed by atoms with Crippen LogP contribution in [0.1, 0.15) is 18.9 Å². The average Bonchev–Trinajstić information content (AvgIpc) is 2.67. The van der Waals surface area contributed by atoms with Crippen LogP contribution in [0, 0.1) is 0 Å². The van der Waals surface area contributed by atoms with Gasteiger partial charge in [0.1, 0.15) is 17.3 Å². The molecule has 1 aliphatic rings. The third kappa shape index (κ3) is 4.18. The lowest BCUT2D eigenvalue weighted by atomic mass is 10.2. The highest BCUT2D eigenvalue weighted by Crippen LogP contribution is 2.20. The second-order valence-corrected chi connectivity index (χ2v) is 6.60. The van der Waals surface area contributed by atoms with E-state index in [-0.39, 0.29) is 11.7 Å². The first kappa shape index (κ1) is 16.2. The Labute approximate surface area is 131 Å². The topological polar surface area (TPSA) is 52.9 Å². The normalized spacial score (nSPS) is 17.3. The summed E-state index contributed by atoms with van der Waals surface area (Å²) < 4.78 is 0.883. The Morgan fingerprint density at radius 2 is 1.86 bits per heavy atom. The molecule has 118 valence electrons. The van der Waals surface area contributed by atoms with Crippen LogP contribution >= 0.6 is 0 Å². The van der Waals surface area contributed by atoms with Crippen molar-refractivity contribution in [2.45, 2.75) is 13.3 Å². The lowest BCUT2D eigenvalue weighted by Gasteiger charge is -2.25. The molecular formula is C17H24N3O2+. The van der Waals surface area contributed by atoms with E-state index in [1.54, 1.807) is 35.2 Å². The van der Waals surface area contributed by atoms with Gasteiger partial charge in [-0.3, -0.25) is 9.69 Å². The fourth-order valence-corrected chi connectivity index (χ4v) is 2.36. The zero-order valence-electron chi connectivity index (χ0n) is 13.7. The Hall–Kier alpha value is -2.14. The quantitative estimate of drug-likeness (QED) is 0.669. The number of carbonyl (C=O) groups is 1. The minimum absolute atomic E-state index is 0.0491. The molecule has 0 saturated carbocycles. The van der Waals surface area contributed by atoms with Crippen LogP contribution in [0.3, 0.4) is 0 Å². The number of hydrogen-bond donors (Lipinski definition) is 1. The van der Waals surface area contributed by atoms with Crippen LogP contribution in [0.15, 0.2) is 35.0 Å². The van der Waals surface area contributed by atoms with Gasteiger partial charge in [0.15, 0.2) is 0 Å². The monoisotopic (exact) mass is 302 g/mol. The number of benzene rings is 1. The van der Waals surface area contributed by atoms with Crippen molar-refractivity contribution < 1.29 is 14.4 Å². The molecule has 0 spiro atoms. The van der Waals surface area contributed by atoms with Crippen molar-refractivity contribution >= 4 is 17.8 Å². The number of quaternary nitrogens is 1. The second kappa shape index (κ2) is 6.32. The van der Waals surface area contributed by atoms with Crippen LogP contribution in [-0.2, 0) is 4.79 Å². The van der Waals surface area contributed by atoms with Gasteiger partial charge in [0.05, 0.1) is 27.7 Å². The van der Waals surface area contributed by atoms with E-state index < -0.39 is 0 Å². The first-order valence-corrected chi connectivity index (χ1v) is 7.44. The van der Waals surface area contributed by atoms with E-state index in [2.05, 4.69) is 26.1 Å². The predicted octanol–water partition coefficient (Wildman–Crippen LogP) is 2.09. The van der Waals surface area contributed by atoms with Crippen LogP contribution in [-0.4, -0.2) is 60.5 Å². The van der Waals surface area contributed by atoms with E-state index in [1.807, 2.05) is 6.92 Å². The SMILES string of the molecule is CC1=NC(=Cc2ccc(O)cc2)C(=O)N1CCC[N+](C)(C)C. The van der Waals surface area contributed by atoms with Crippen molar-refractivity contribution in [2.75, 3.05) is 34.2 Å². The summed E-state index contributed by atoms with van der Waals surface area (Å²) in [6.45, 7) is 3.56. The summed E-state index contributed by atoms with van der Waals surface area (Å²) in [5, 5.41) is 9.29. The van der Waals surface area contributed by atoms with Crippen molar-refractivity contribution in [1.29, 1.82) is 0 Å². The number of nitrogens with zero attached hydrogens (tertiary/aromatic N) is 3. The summed E-state index contributed by atoms with van der Waals surface area (Å²) in [5.41, 5.74) is 1.30. The van der Waals surface area contributed by atoms with Crippen LogP contribution < -0.4 is 0 Å². The largest absolute Gasteiger partial charge is 0.508 e. The van der Waals surface area contributed by atoms with Crippen molar-refractivity contribution in [3.8, 4) is 5.75 Å². The smallest absolute Gasteiger partial charge is 0.277 e. The molecule has 1 heterocycles. The summed E-state index contributed by atoms with van der Waals surface area (Å²) in [6.07, 6.45) is 2.69. The number of aromatic hydroxyl groups is 1. The molecule has 0 aliphatic carbocycles. The van der Waals surface area contributed by atoms with Crippen LogP contribution in [0.5, 0.6) is 5.75 Å². The molecule has 0 bridgehead atoms. The van der Waals surface area contributed by atoms with Crippen LogP contribution in [0.2, 0.25) is 0 Å². The molecule has 0 atom stereocenters. The Morgan fingerprint density at radius 1 is 1.23 bits per heavy atom. The first-order valence-electron chi connectivity index (χ1n) is 7.44. The van der Waals surface area contributed by atoms with Gasteiger partial charge in [-0.05, 0) is 30.7 Å². The van der Waals surface area contributed by atoms with Gasteiger partial charge in [0, 0.05) is 13.0 Å². The molecular weight excluding hydrogens is 278 g/mol. The Morgan fingerprint density at radius 3 is 2.45 bits per heavy atom. The number of amides is 1. The minimum atomic E-state index is -0.0491. The van der Waals surface area contributed by atoms with E-state index in [9.17, 15) is 9.90 Å². The maximum atomic E-state index is 12.4. The summed E-state index contributed by atoms with van der Waals surface area (Å²) in [4.78, 5) is 18.5. The Kier molecular flexibility index (Phi) is 4.66. The Bertz CT molecular complexity index is 610. The molecule has 0 aromatic heterocycles. The summed E-state index contributed by atoms with van der Waals surface area (Å²) in [6, 6.07) is 6.73. The lowest BCUT2D eigenvalue weighted by Crippen LogP contribution is -2.39. The van der Waals surface area contributed by atoms with Gasteiger partial charge in [-0.1, -0.05) is 12.1 Å². The van der Waals surface area contributed by atoms with E-state index in [4.69, 9.17) is 0 Å². The van der Waals surface area contributed by atoms with Crippen molar-refractivity contribution in [2.24, 2.45) is 4.99 Å². The van der Waals surface area contributed by atoms with E-state index in [0.717, 1.165) is 28.8 Å². The zero-order chi connectivity index (χ0) is 16.3. The average molecular weight is 302 g/mol. The second-order valence-electron chi connectivity index (χ2n) is 6.60. The van der Waals surface area contributed by atoms with Crippen LogP contribution in [0.25, 0.3) is 6.08 Å². The van der Waals surface area contributed by atoms with E-state index >= 15 is 0 Å². The molecule has 0 saturated heterocycles. The van der Waals surface area contributed by atoms with E-state index in [1.165, 1.54) is 0 Å². The molecule has 2 rings (SSSR count). The molecule has 1 amide bonds. The van der Waals surface area contributed by atoms with Gasteiger partial charge in [-0.25, -0.2) is 4.99 Å². The standard InChI is InChI=1S/C17H23N3O2/c1-13-18-16(12-14-6-8-15(21)9-7-14)17(22)19(13)10-5-11-20(2,3)4/h6-9,12H,5,10-11H2,1-4H3/p+1. The van der Waals surface area contributed by atoms with Gasteiger partial charge in [0.25, 0.3) is 5.91 Å². The van der Waals surface area contributed by atoms with Crippen molar-refractivity contribution in [3.63, 3.8) is 0 Å². The summed E-state index contributed by atoms with van der Waals surface area (Å²) >= 11 is 0. The maximum Gasteiger partial charge on any atom is 0.277 e. The molecule has 5 nitrogen and oxygen atoms in total. The fraction of sp³-hybridized carbons (Fsp3) is 0.412. The van der Waals surface area contributed by atoms with Gasteiger partial charge in [0.2, 0.25) is 0 Å². The molecule has 0 unspecified atom stereocenters. The number of amidine groups is 1. The number of aliphatic imine (C=N–C) groups is 1. The van der Waals surface area contributed by atoms with Gasteiger partial charge < -0.3 is 9.59 Å². The molecule has 5 heteroatoms. The van der Waals surface area contributed by atoms with Gasteiger partial charge in [-0.15, -0.1) is 0 Å². The fourth-order valence-electron chi connectivity index (χ4n) is 2.36. The molecule has 1 aromatic carbocycles. The highest BCUT2D eigenvalue weighted by Gasteiger charge is 2.27. The van der Waals surface area contributed by atoms with Crippen molar-refractivity contribution in [1.82, 2.24) is 4.90 Å². The molecule has 1 aromatic rings. The number of hydrogen-bond acceptors (Lipinski definition) is 3. The third-order valence-electron chi connectivity index (χ3n) is 3.54. The highest BCUT2D eigenvalue weighted by atomic mass is 16.3. The molecule has 1 N–H and O–H groups in total. The van der Waals surface area contributed by atoms with Crippen molar-refractivity contribution in [3.05, 3.63) is 35.5 Å². The summed E-state index contributed by atoms with van der Waals surface area (Å²) in [7, 11) is 6.43. The van der Waals surface area contributed by atoms with Gasteiger partial charge >= 0.3 is 0 Å².